The molecule has 0 bridgehead atoms. The van der Waals surface area contributed by atoms with Gasteiger partial charge in [0.25, 0.3) is 0 Å². The summed E-state index contributed by atoms with van der Waals surface area (Å²) >= 11 is 0. The molecule has 1 aliphatic carbocycles. The summed E-state index contributed by atoms with van der Waals surface area (Å²) in [5.41, 5.74) is 7.12. The molecule has 0 aromatic carbocycles. The van der Waals surface area contributed by atoms with Gasteiger partial charge in [0.1, 0.15) is 6.10 Å². The van der Waals surface area contributed by atoms with Crippen LogP contribution in [-0.4, -0.2) is 51.3 Å². The van der Waals surface area contributed by atoms with E-state index in [1.54, 1.807) is 11.0 Å². The standard InChI is InChI=1S/C19H33N7O3/c1-4-12(3)21-19(28)29-15-7-6-13(8-15)16-10-17(24-23-16)22-18(27)9-14-11-20-26(5-2)25-14/h11-13,15-17,23-24H,4-10H2,1-3H3,(H,21,28)(H,22,27)/t12-,13-,15+,16?,17?/m0/s1. The van der Waals surface area contributed by atoms with Crippen LogP contribution in [0.4, 0.5) is 4.79 Å². The number of alkyl carbamates (subject to hydrolysis) is 1. The van der Waals surface area contributed by atoms with E-state index in [0.717, 1.165) is 32.1 Å². The Kier molecular flexibility index (Phi) is 7.43. The molecular formula is C19H33N7O3. The Balaban J connectivity index is 1.38. The third-order valence-electron chi connectivity index (χ3n) is 5.72. The molecule has 0 spiro atoms. The molecule has 1 aliphatic heterocycles. The molecule has 1 saturated heterocycles. The average Bonchev–Trinajstić information content (AvgIpc) is 3.42. The summed E-state index contributed by atoms with van der Waals surface area (Å²) in [6.45, 7) is 6.63. The number of amides is 2. The maximum absolute atomic E-state index is 12.3. The summed E-state index contributed by atoms with van der Waals surface area (Å²) in [5.74, 6) is 0.331. The van der Waals surface area contributed by atoms with Crippen LogP contribution in [0.25, 0.3) is 0 Å². The van der Waals surface area contributed by atoms with Gasteiger partial charge in [0.15, 0.2) is 0 Å². The van der Waals surface area contributed by atoms with Gasteiger partial charge in [-0.1, -0.05) is 6.92 Å². The normalized spacial score (nSPS) is 27.6. The number of hydrogen-bond donors (Lipinski definition) is 4. The van der Waals surface area contributed by atoms with Crippen molar-refractivity contribution in [3.05, 3.63) is 11.9 Å². The Labute approximate surface area is 171 Å². The van der Waals surface area contributed by atoms with Gasteiger partial charge in [-0.2, -0.15) is 15.0 Å². The van der Waals surface area contributed by atoms with Crippen molar-refractivity contribution in [3.63, 3.8) is 0 Å². The van der Waals surface area contributed by atoms with Crippen LogP contribution in [0.2, 0.25) is 0 Å². The summed E-state index contributed by atoms with van der Waals surface area (Å²) in [7, 11) is 0. The van der Waals surface area contributed by atoms with Crippen LogP contribution in [-0.2, 0) is 22.5 Å². The minimum atomic E-state index is -0.326. The largest absolute Gasteiger partial charge is 0.446 e. The lowest BCUT2D eigenvalue weighted by Crippen LogP contribution is -2.45. The lowest BCUT2D eigenvalue weighted by molar-refractivity contribution is -0.121. The van der Waals surface area contributed by atoms with Crippen molar-refractivity contribution in [1.29, 1.82) is 0 Å². The molecule has 2 amide bonds. The Morgan fingerprint density at radius 2 is 2.14 bits per heavy atom. The number of ether oxygens (including phenoxy) is 1. The Bertz CT molecular complexity index is 695. The number of carbonyl (C=O) groups excluding carboxylic acids is 2. The fraction of sp³-hybridized carbons (Fsp3) is 0.789. The van der Waals surface area contributed by atoms with Gasteiger partial charge in [-0.3, -0.25) is 10.2 Å². The van der Waals surface area contributed by atoms with Crippen molar-refractivity contribution < 1.29 is 14.3 Å². The second-order valence-corrected chi connectivity index (χ2v) is 8.01. The fourth-order valence-electron chi connectivity index (χ4n) is 3.90. The van der Waals surface area contributed by atoms with Gasteiger partial charge in [0.05, 0.1) is 31.0 Å². The first kappa shape index (κ1) is 21.5. The number of aromatic nitrogens is 3. The third-order valence-corrected chi connectivity index (χ3v) is 5.72. The van der Waals surface area contributed by atoms with Gasteiger partial charge in [-0.25, -0.2) is 10.2 Å². The highest BCUT2D eigenvalue weighted by Crippen LogP contribution is 2.32. The topological polar surface area (TPSA) is 122 Å². The molecule has 1 aromatic rings. The molecule has 3 rings (SSSR count). The zero-order valence-electron chi connectivity index (χ0n) is 17.5. The van der Waals surface area contributed by atoms with Gasteiger partial charge < -0.3 is 15.4 Å². The molecule has 10 nitrogen and oxygen atoms in total. The van der Waals surface area contributed by atoms with E-state index in [1.807, 2.05) is 20.8 Å². The maximum Gasteiger partial charge on any atom is 0.407 e. The van der Waals surface area contributed by atoms with Crippen molar-refractivity contribution >= 4 is 12.0 Å². The number of aryl methyl sites for hydroxylation is 1. The first-order chi connectivity index (χ1) is 14.0. The monoisotopic (exact) mass is 407 g/mol. The van der Waals surface area contributed by atoms with Gasteiger partial charge in [-0.05, 0) is 51.9 Å². The first-order valence-electron chi connectivity index (χ1n) is 10.6. The van der Waals surface area contributed by atoms with Crippen molar-refractivity contribution in [1.82, 2.24) is 36.5 Å². The smallest absolute Gasteiger partial charge is 0.407 e. The van der Waals surface area contributed by atoms with E-state index >= 15 is 0 Å². The molecular weight excluding hydrogens is 374 g/mol. The highest BCUT2D eigenvalue weighted by Gasteiger charge is 2.37. The van der Waals surface area contributed by atoms with Crippen LogP contribution >= 0.6 is 0 Å². The molecule has 2 unspecified atom stereocenters. The predicted molar refractivity (Wildman–Crippen MR) is 107 cm³/mol. The zero-order valence-corrected chi connectivity index (χ0v) is 17.5. The number of rotatable bonds is 8. The molecule has 2 heterocycles. The first-order valence-corrected chi connectivity index (χ1v) is 10.6. The summed E-state index contributed by atoms with van der Waals surface area (Å²) in [4.78, 5) is 25.7. The molecule has 1 saturated carbocycles. The van der Waals surface area contributed by atoms with Crippen molar-refractivity contribution in [2.75, 3.05) is 0 Å². The molecule has 29 heavy (non-hydrogen) atoms. The van der Waals surface area contributed by atoms with E-state index in [2.05, 4.69) is 31.7 Å². The summed E-state index contributed by atoms with van der Waals surface area (Å²) in [6.07, 6.45) is 5.75. The number of nitrogens with one attached hydrogen (secondary N) is 4. The second kappa shape index (κ2) is 10.0. The summed E-state index contributed by atoms with van der Waals surface area (Å²) in [5, 5.41) is 14.2. The molecule has 2 fully saturated rings. The van der Waals surface area contributed by atoms with Crippen LogP contribution in [0.1, 0.15) is 58.6 Å². The zero-order chi connectivity index (χ0) is 20.8. The highest BCUT2D eigenvalue weighted by atomic mass is 16.6. The number of hydrogen-bond acceptors (Lipinski definition) is 7. The molecule has 5 atom stereocenters. The fourth-order valence-corrected chi connectivity index (χ4v) is 3.90. The van der Waals surface area contributed by atoms with Crippen LogP contribution in [0, 0.1) is 5.92 Å². The Morgan fingerprint density at radius 3 is 2.86 bits per heavy atom. The van der Waals surface area contributed by atoms with E-state index < -0.39 is 0 Å². The van der Waals surface area contributed by atoms with E-state index in [0.29, 0.717) is 18.2 Å². The molecule has 0 radical (unpaired) electrons. The molecule has 1 aromatic heterocycles. The molecule has 162 valence electrons. The average molecular weight is 408 g/mol. The van der Waals surface area contributed by atoms with Crippen LogP contribution in [0.3, 0.4) is 0 Å². The van der Waals surface area contributed by atoms with Crippen LogP contribution in [0.15, 0.2) is 6.20 Å². The van der Waals surface area contributed by atoms with E-state index in [9.17, 15) is 9.59 Å². The lowest BCUT2D eigenvalue weighted by atomic mass is 9.96. The molecule has 4 N–H and O–H groups in total. The van der Waals surface area contributed by atoms with Gasteiger partial charge >= 0.3 is 6.09 Å². The number of hydrazine groups is 1. The molecule has 2 aliphatic rings. The minimum Gasteiger partial charge on any atom is -0.446 e. The SMILES string of the molecule is CC[C@H](C)NC(=O)O[C@@H]1CC[C@H](C2CC(NC(=O)Cc3cnn(CC)n3)NN2)C1. The Morgan fingerprint density at radius 1 is 1.31 bits per heavy atom. The second-order valence-electron chi connectivity index (χ2n) is 8.01. The van der Waals surface area contributed by atoms with Crippen molar-refractivity contribution in [2.45, 2.75) is 90.2 Å². The van der Waals surface area contributed by atoms with Gasteiger partial charge in [0, 0.05) is 12.1 Å². The van der Waals surface area contributed by atoms with Crippen LogP contribution < -0.4 is 21.5 Å². The number of nitrogens with zero attached hydrogens (tertiary/aromatic N) is 3. The lowest BCUT2D eigenvalue weighted by Gasteiger charge is -2.19. The number of carbonyl (C=O) groups is 2. The van der Waals surface area contributed by atoms with Crippen molar-refractivity contribution in [3.8, 4) is 0 Å². The van der Waals surface area contributed by atoms with Gasteiger partial charge in [0.2, 0.25) is 5.91 Å². The minimum absolute atomic E-state index is 0.0410. The van der Waals surface area contributed by atoms with Crippen molar-refractivity contribution in [2.24, 2.45) is 5.92 Å². The molecule has 10 heteroatoms. The maximum atomic E-state index is 12.3. The summed E-state index contributed by atoms with van der Waals surface area (Å²) in [6, 6.07) is 0.365. The van der Waals surface area contributed by atoms with Gasteiger partial charge in [-0.15, -0.1) is 0 Å². The quantitative estimate of drug-likeness (QED) is 0.504. The van der Waals surface area contributed by atoms with E-state index in [4.69, 9.17) is 4.74 Å². The van der Waals surface area contributed by atoms with Crippen LogP contribution in [0.5, 0.6) is 0 Å². The Hall–Kier alpha value is -2.20. The predicted octanol–water partition coefficient (Wildman–Crippen LogP) is 0.843. The van der Waals surface area contributed by atoms with E-state index in [-0.39, 0.29) is 42.8 Å². The van der Waals surface area contributed by atoms with E-state index in [1.165, 1.54) is 0 Å². The summed E-state index contributed by atoms with van der Waals surface area (Å²) < 4.78 is 5.56. The highest BCUT2D eigenvalue weighted by molar-refractivity contribution is 5.78. The third kappa shape index (κ3) is 6.14.